The molecule has 2 rings (SSSR count). The smallest absolute Gasteiger partial charge is 0.0390 e. The van der Waals surface area contributed by atoms with Crippen LogP contribution in [0.5, 0.6) is 0 Å². The number of hydrogen-bond donors (Lipinski definition) is 1. The van der Waals surface area contributed by atoms with Crippen molar-refractivity contribution in [2.24, 2.45) is 11.3 Å². The maximum absolute atomic E-state index is 4.49. The van der Waals surface area contributed by atoms with E-state index in [2.05, 4.69) is 56.4 Å². The van der Waals surface area contributed by atoms with E-state index in [0.717, 1.165) is 11.6 Å². The van der Waals surface area contributed by atoms with E-state index in [9.17, 15) is 0 Å². The lowest BCUT2D eigenvalue weighted by Crippen LogP contribution is -2.36. The van der Waals surface area contributed by atoms with Crippen molar-refractivity contribution in [1.82, 2.24) is 10.3 Å². The Labute approximate surface area is 118 Å². The van der Waals surface area contributed by atoms with E-state index in [4.69, 9.17) is 0 Å². The molecule has 1 aliphatic carbocycles. The first-order valence-corrected chi connectivity index (χ1v) is 7.67. The summed E-state index contributed by atoms with van der Waals surface area (Å²) in [7, 11) is 2.10. The highest BCUT2D eigenvalue weighted by Crippen LogP contribution is 2.51. The van der Waals surface area contributed by atoms with Gasteiger partial charge in [-0.2, -0.15) is 0 Å². The van der Waals surface area contributed by atoms with Crippen LogP contribution in [0.15, 0.2) is 18.3 Å². The van der Waals surface area contributed by atoms with Gasteiger partial charge in [0.05, 0.1) is 0 Å². The number of hydrogen-bond acceptors (Lipinski definition) is 2. The van der Waals surface area contributed by atoms with Crippen molar-refractivity contribution in [1.29, 1.82) is 0 Å². The maximum atomic E-state index is 4.49. The highest BCUT2D eigenvalue weighted by atomic mass is 14.9. The van der Waals surface area contributed by atoms with Gasteiger partial charge in [-0.15, -0.1) is 0 Å². The summed E-state index contributed by atoms with van der Waals surface area (Å²) >= 11 is 0. The molecule has 0 spiro atoms. The molecule has 0 aliphatic heterocycles. The second-order valence-corrected chi connectivity index (χ2v) is 6.62. The van der Waals surface area contributed by atoms with Crippen molar-refractivity contribution in [2.75, 3.05) is 7.05 Å². The normalized spacial score (nSPS) is 19.8. The molecule has 0 saturated heterocycles. The van der Waals surface area contributed by atoms with Crippen molar-refractivity contribution >= 4 is 0 Å². The first-order chi connectivity index (χ1) is 9.07. The Morgan fingerprint density at radius 3 is 2.42 bits per heavy atom. The standard InChI is InChI=1S/C17H28N2/c1-13(2)11-17(9-5-6-10-17)16(18-4)15-8-7-14(3)19-12-15/h7-8,12-13,16,18H,5-6,9-11H2,1-4H3. The lowest BCUT2D eigenvalue weighted by molar-refractivity contribution is 0.161. The SMILES string of the molecule is CNC(c1ccc(C)nc1)C1(CC(C)C)CCCC1. The third-order valence-corrected chi connectivity index (χ3v) is 4.58. The molecule has 1 aromatic heterocycles. The number of pyridine rings is 1. The maximum Gasteiger partial charge on any atom is 0.0390 e. The van der Waals surface area contributed by atoms with Crippen LogP contribution in [0, 0.1) is 18.3 Å². The highest BCUT2D eigenvalue weighted by Gasteiger charge is 2.41. The molecular formula is C17H28N2. The molecule has 1 saturated carbocycles. The Morgan fingerprint density at radius 2 is 1.95 bits per heavy atom. The van der Waals surface area contributed by atoms with Gasteiger partial charge >= 0.3 is 0 Å². The first-order valence-electron chi connectivity index (χ1n) is 7.67. The molecule has 1 heterocycles. The topological polar surface area (TPSA) is 24.9 Å². The van der Waals surface area contributed by atoms with Crippen LogP contribution < -0.4 is 5.32 Å². The Balaban J connectivity index is 2.29. The van der Waals surface area contributed by atoms with Crippen LogP contribution in [0.4, 0.5) is 0 Å². The zero-order chi connectivity index (χ0) is 13.9. The molecule has 0 amide bonds. The third-order valence-electron chi connectivity index (χ3n) is 4.58. The minimum Gasteiger partial charge on any atom is -0.312 e. The highest BCUT2D eigenvalue weighted by molar-refractivity contribution is 5.20. The first kappa shape index (κ1) is 14.5. The fraction of sp³-hybridized carbons (Fsp3) is 0.706. The number of nitrogens with zero attached hydrogens (tertiary/aromatic N) is 1. The van der Waals surface area contributed by atoms with Crippen LogP contribution in [0.2, 0.25) is 0 Å². The van der Waals surface area contributed by atoms with Crippen molar-refractivity contribution < 1.29 is 0 Å². The predicted octanol–water partition coefficient (Wildman–Crippen LogP) is 4.26. The van der Waals surface area contributed by atoms with E-state index >= 15 is 0 Å². The monoisotopic (exact) mass is 260 g/mol. The Kier molecular flexibility index (Phi) is 4.62. The summed E-state index contributed by atoms with van der Waals surface area (Å²) in [5.41, 5.74) is 2.89. The molecule has 0 aromatic carbocycles. The molecule has 2 nitrogen and oxygen atoms in total. The van der Waals surface area contributed by atoms with Crippen LogP contribution in [0.3, 0.4) is 0 Å². The third kappa shape index (κ3) is 3.17. The van der Waals surface area contributed by atoms with Crippen LogP contribution >= 0.6 is 0 Å². The van der Waals surface area contributed by atoms with E-state index in [1.54, 1.807) is 0 Å². The Bertz CT molecular complexity index is 388. The minimum absolute atomic E-state index is 0.430. The average molecular weight is 260 g/mol. The molecule has 1 fully saturated rings. The second-order valence-electron chi connectivity index (χ2n) is 6.62. The van der Waals surface area contributed by atoms with E-state index in [1.165, 1.54) is 37.7 Å². The summed E-state index contributed by atoms with van der Waals surface area (Å²) in [6.45, 7) is 6.75. The molecule has 0 bridgehead atoms. The molecular weight excluding hydrogens is 232 g/mol. The van der Waals surface area contributed by atoms with Gasteiger partial charge in [-0.05, 0) is 56.2 Å². The quantitative estimate of drug-likeness (QED) is 0.855. The molecule has 1 aromatic rings. The van der Waals surface area contributed by atoms with Gasteiger partial charge in [0, 0.05) is 17.9 Å². The zero-order valence-electron chi connectivity index (χ0n) is 12.9. The molecule has 19 heavy (non-hydrogen) atoms. The van der Waals surface area contributed by atoms with E-state index in [0.29, 0.717) is 11.5 Å². The van der Waals surface area contributed by atoms with E-state index in [1.807, 2.05) is 0 Å². The zero-order valence-corrected chi connectivity index (χ0v) is 12.9. The van der Waals surface area contributed by atoms with Gasteiger partial charge in [-0.25, -0.2) is 0 Å². The largest absolute Gasteiger partial charge is 0.312 e. The Morgan fingerprint density at radius 1 is 1.26 bits per heavy atom. The van der Waals surface area contributed by atoms with Gasteiger partial charge in [-0.1, -0.05) is 32.8 Å². The lowest BCUT2D eigenvalue weighted by Gasteiger charge is -2.39. The van der Waals surface area contributed by atoms with Gasteiger partial charge in [0.25, 0.3) is 0 Å². The van der Waals surface area contributed by atoms with Gasteiger partial charge in [0.15, 0.2) is 0 Å². The Hall–Kier alpha value is -0.890. The minimum atomic E-state index is 0.430. The van der Waals surface area contributed by atoms with E-state index in [-0.39, 0.29) is 0 Å². The summed E-state index contributed by atoms with van der Waals surface area (Å²) in [6, 6.07) is 4.84. The lowest BCUT2D eigenvalue weighted by atomic mass is 9.70. The van der Waals surface area contributed by atoms with E-state index < -0.39 is 0 Å². The summed E-state index contributed by atoms with van der Waals surface area (Å²) in [5, 5.41) is 3.59. The molecule has 1 aliphatic rings. The second kappa shape index (κ2) is 6.04. The number of aryl methyl sites for hydroxylation is 1. The number of aromatic nitrogens is 1. The molecule has 2 heteroatoms. The van der Waals surface area contributed by atoms with Crippen LogP contribution in [-0.4, -0.2) is 12.0 Å². The summed E-state index contributed by atoms with van der Waals surface area (Å²) in [5.74, 6) is 0.757. The fourth-order valence-corrected chi connectivity index (χ4v) is 3.98. The van der Waals surface area contributed by atoms with Gasteiger partial charge < -0.3 is 5.32 Å². The van der Waals surface area contributed by atoms with Crippen molar-refractivity contribution in [3.8, 4) is 0 Å². The summed E-state index contributed by atoms with van der Waals surface area (Å²) < 4.78 is 0. The van der Waals surface area contributed by atoms with Crippen molar-refractivity contribution in [2.45, 2.75) is 58.9 Å². The average Bonchev–Trinajstić information content (AvgIpc) is 2.81. The summed E-state index contributed by atoms with van der Waals surface area (Å²) in [6.07, 6.45) is 8.84. The number of nitrogens with one attached hydrogen (secondary N) is 1. The van der Waals surface area contributed by atoms with Gasteiger partial charge in [-0.3, -0.25) is 4.98 Å². The van der Waals surface area contributed by atoms with Crippen molar-refractivity contribution in [3.63, 3.8) is 0 Å². The van der Waals surface area contributed by atoms with Gasteiger partial charge in [0.1, 0.15) is 0 Å². The molecule has 0 radical (unpaired) electrons. The van der Waals surface area contributed by atoms with Crippen LogP contribution in [0.1, 0.15) is 63.3 Å². The molecule has 1 N–H and O–H groups in total. The van der Waals surface area contributed by atoms with Crippen LogP contribution in [-0.2, 0) is 0 Å². The van der Waals surface area contributed by atoms with Crippen LogP contribution in [0.25, 0.3) is 0 Å². The molecule has 1 atom stereocenters. The predicted molar refractivity (Wildman–Crippen MR) is 81.1 cm³/mol. The molecule has 1 unspecified atom stereocenters. The van der Waals surface area contributed by atoms with Gasteiger partial charge in [0.2, 0.25) is 0 Å². The molecule has 106 valence electrons. The van der Waals surface area contributed by atoms with Crippen molar-refractivity contribution in [3.05, 3.63) is 29.6 Å². The fourth-order valence-electron chi connectivity index (χ4n) is 3.98. The number of rotatable bonds is 5. The summed E-state index contributed by atoms with van der Waals surface area (Å²) in [4.78, 5) is 4.49.